The van der Waals surface area contributed by atoms with Gasteiger partial charge in [0.15, 0.2) is 5.58 Å². The van der Waals surface area contributed by atoms with E-state index in [1.807, 2.05) is 66.7 Å². The number of benzene rings is 4. The zero-order valence-electron chi connectivity index (χ0n) is 25.2. The summed E-state index contributed by atoms with van der Waals surface area (Å²) in [5, 5.41) is 4.21. The number of allylic oxidation sites excluding steroid dienone is 1. The highest BCUT2D eigenvalue weighted by molar-refractivity contribution is 6.27. The van der Waals surface area contributed by atoms with Crippen LogP contribution in [0.2, 0.25) is 0 Å². The minimum Gasteiger partial charge on any atom is -0.455 e. The van der Waals surface area contributed by atoms with Crippen molar-refractivity contribution in [3.05, 3.63) is 111 Å². The number of aromatic nitrogens is 1. The van der Waals surface area contributed by atoms with Crippen molar-refractivity contribution >= 4 is 49.2 Å². The minimum absolute atomic E-state index is 0.0343. The van der Waals surface area contributed by atoms with Crippen molar-refractivity contribution < 1.29 is 4.42 Å². The van der Waals surface area contributed by atoms with Gasteiger partial charge in [0, 0.05) is 39.3 Å². The van der Waals surface area contributed by atoms with Crippen molar-refractivity contribution in [3.8, 4) is 11.8 Å². The molecule has 6 rings (SSSR count). The van der Waals surface area contributed by atoms with E-state index in [1.54, 1.807) is 6.07 Å². The van der Waals surface area contributed by atoms with Crippen molar-refractivity contribution in [3.63, 3.8) is 0 Å². The Bertz CT molecular complexity index is 2220. The molecule has 0 spiro atoms. The maximum atomic E-state index is 14.1. The van der Waals surface area contributed by atoms with Crippen LogP contribution >= 0.6 is 0 Å². The van der Waals surface area contributed by atoms with Gasteiger partial charge < -0.3 is 10.2 Å². The Balaban J connectivity index is 1.56. The highest BCUT2D eigenvalue weighted by Crippen LogP contribution is 2.39. The number of nitrogens with two attached hydrogens (primary N) is 1. The lowest BCUT2D eigenvalue weighted by molar-refractivity contribution is 0.244. The molecule has 43 heavy (non-hydrogen) atoms. The molecule has 0 fully saturated rings. The van der Waals surface area contributed by atoms with Gasteiger partial charge in [0.25, 0.3) is 11.1 Å². The van der Waals surface area contributed by atoms with E-state index in [1.165, 1.54) is 4.57 Å². The minimum atomic E-state index is -0.297. The molecular formula is C38H36N2O3. The molecule has 6 aromatic rings. The summed E-state index contributed by atoms with van der Waals surface area (Å²) in [7, 11) is 0. The molecule has 2 N–H and O–H groups in total. The summed E-state index contributed by atoms with van der Waals surface area (Å²) in [5.41, 5.74) is 8.64. The van der Waals surface area contributed by atoms with E-state index in [0.29, 0.717) is 51.5 Å². The third-order valence-corrected chi connectivity index (χ3v) is 8.81. The zero-order valence-corrected chi connectivity index (χ0v) is 25.2. The molecule has 5 heteroatoms. The van der Waals surface area contributed by atoms with Crippen LogP contribution in [0.1, 0.15) is 58.1 Å². The maximum Gasteiger partial charge on any atom is 0.261 e. The molecule has 0 amide bonds. The van der Waals surface area contributed by atoms with E-state index in [2.05, 4.69) is 46.1 Å². The molecule has 0 bridgehead atoms. The third kappa shape index (κ3) is 5.19. The summed E-state index contributed by atoms with van der Waals surface area (Å²) in [4.78, 5) is 28.0. The van der Waals surface area contributed by atoms with Gasteiger partial charge in [-0.15, -0.1) is 6.58 Å². The van der Waals surface area contributed by atoms with E-state index in [0.717, 1.165) is 34.6 Å². The number of rotatable bonds is 7. The van der Waals surface area contributed by atoms with Crippen molar-refractivity contribution in [1.29, 1.82) is 0 Å². The molecule has 2 heterocycles. The number of para-hydroxylation sites is 1. The summed E-state index contributed by atoms with van der Waals surface area (Å²) in [6, 6.07) is 20.8. The summed E-state index contributed by atoms with van der Waals surface area (Å²) in [6.07, 6.45) is 4.63. The molecule has 0 aliphatic rings. The van der Waals surface area contributed by atoms with Crippen LogP contribution in [0.3, 0.4) is 0 Å². The predicted molar refractivity (Wildman–Crippen MR) is 179 cm³/mol. The fraction of sp³-hybridized carbons (Fsp3) is 0.263. The molecule has 0 aliphatic heterocycles. The SMILES string of the molecule is C=CC(C)(C)CCC(C)(C)CCn1c(=O)c2ccc3c4ccccc4oc4c(C#Cc5cccc(N)c5)cc(c1=O)c2c43. The van der Waals surface area contributed by atoms with Crippen molar-refractivity contribution in [2.45, 2.75) is 53.5 Å². The lowest BCUT2D eigenvalue weighted by Crippen LogP contribution is -2.35. The number of fused-ring (bicyclic) bond motifs is 2. The first-order chi connectivity index (χ1) is 20.5. The van der Waals surface area contributed by atoms with Crippen LogP contribution in [0.4, 0.5) is 5.69 Å². The average Bonchev–Trinajstić information content (AvgIpc) is 2.99. The highest BCUT2D eigenvalue weighted by atomic mass is 16.3. The van der Waals surface area contributed by atoms with Crippen molar-refractivity contribution in [2.24, 2.45) is 10.8 Å². The highest BCUT2D eigenvalue weighted by Gasteiger charge is 2.25. The second-order valence-electron chi connectivity index (χ2n) is 13.1. The molecule has 4 aromatic carbocycles. The number of nitrogen functional groups attached to an aromatic ring is 1. The molecule has 216 valence electrons. The van der Waals surface area contributed by atoms with E-state index in [-0.39, 0.29) is 21.9 Å². The number of hydrogen-bond donors (Lipinski definition) is 1. The Morgan fingerprint density at radius 3 is 2.33 bits per heavy atom. The molecule has 0 saturated carbocycles. The topological polar surface area (TPSA) is 78.2 Å². The molecule has 0 saturated heterocycles. The van der Waals surface area contributed by atoms with E-state index in [9.17, 15) is 9.59 Å². The van der Waals surface area contributed by atoms with Gasteiger partial charge >= 0.3 is 0 Å². The van der Waals surface area contributed by atoms with Crippen LogP contribution in [0.25, 0.3) is 43.5 Å². The van der Waals surface area contributed by atoms with Gasteiger partial charge in [-0.05, 0) is 71.9 Å². The lowest BCUT2D eigenvalue weighted by atomic mass is 9.77. The maximum absolute atomic E-state index is 14.1. The van der Waals surface area contributed by atoms with Crippen molar-refractivity contribution in [2.75, 3.05) is 5.73 Å². The number of nitrogens with zero attached hydrogens (tertiary/aromatic N) is 1. The first-order valence-corrected chi connectivity index (χ1v) is 14.8. The van der Waals surface area contributed by atoms with Crippen LogP contribution in [0.15, 0.2) is 93.4 Å². The van der Waals surface area contributed by atoms with Gasteiger partial charge in [-0.25, -0.2) is 0 Å². The second-order valence-corrected chi connectivity index (χ2v) is 13.1. The average molecular weight is 569 g/mol. The van der Waals surface area contributed by atoms with E-state index >= 15 is 0 Å². The van der Waals surface area contributed by atoms with Gasteiger partial charge in [-0.1, -0.05) is 75.9 Å². The van der Waals surface area contributed by atoms with Gasteiger partial charge in [0.1, 0.15) is 5.58 Å². The van der Waals surface area contributed by atoms with Gasteiger partial charge in [0.2, 0.25) is 0 Å². The van der Waals surface area contributed by atoms with Gasteiger partial charge in [0.05, 0.1) is 10.9 Å². The summed E-state index contributed by atoms with van der Waals surface area (Å²) < 4.78 is 7.86. The van der Waals surface area contributed by atoms with Gasteiger partial charge in [-0.2, -0.15) is 0 Å². The molecular weight excluding hydrogens is 532 g/mol. The van der Waals surface area contributed by atoms with Crippen LogP contribution < -0.4 is 16.9 Å². The fourth-order valence-electron chi connectivity index (χ4n) is 5.84. The Morgan fingerprint density at radius 2 is 1.56 bits per heavy atom. The molecule has 0 unspecified atom stereocenters. The zero-order chi connectivity index (χ0) is 30.5. The summed E-state index contributed by atoms with van der Waals surface area (Å²) in [5.74, 6) is 6.45. The summed E-state index contributed by atoms with van der Waals surface area (Å²) >= 11 is 0. The van der Waals surface area contributed by atoms with E-state index < -0.39 is 0 Å². The first-order valence-electron chi connectivity index (χ1n) is 14.8. The van der Waals surface area contributed by atoms with Crippen LogP contribution in [0, 0.1) is 22.7 Å². The van der Waals surface area contributed by atoms with Gasteiger partial charge in [-0.3, -0.25) is 14.2 Å². The van der Waals surface area contributed by atoms with Crippen molar-refractivity contribution in [1.82, 2.24) is 4.57 Å². The smallest absolute Gasteiger partial charge is 0.261 e. The predicted octanol–water partition coefficient (Wildman–Crippen LogP) is 8.24. The van der Waals surface area contributed by atoms with Crippen LogP contribution in [-0.4, -0.2) is 4.57 Å². The number of hydrogen-bond acceptors (Lipinski definition) is 4. The quantitative estimate of drug-likeness (QED) is 0.0692. The molecule has 5 nitrogen and oxygen atoms in total. The molecule has 0 aliphatic carbocycles. The lowest BCUT2D eigenvalue weighted by Gasteiger charge is -2.29. The number of pyridine rings is 1. The number of anilines is 1. The third-order valence-electron chi connectivity index (χ3n) is 8.81. The second kappa shape index (κ2) is 10.5. The van der Waals surface area contributed by atoms with Crippen LogP contribution in [-0.2, 0) is 6.54 Å². The monoisotopic (exact) mass is 568 g/mol. The first kappa shape index (κ1) is 28.3. The normalized spacial score (nSPS) is 12.3. The van der Waals surface area contributed by atoms with E-state index in [4.69, 9.17) is 10.2 Å². The Morgan fingerprint density at radius 1 is 0.814 bits per heavy atom. The Kier molecular flexibility index (Phi) is 6.89. The summed E-state index contributed by atoms with van der Waals surface area (Å²) in [6.45, 7) is 13.1. The molecule has 0 radical (unpaired) electrons. The largest absolute Gasteiger partial charge is 0.455 e. The Hall–Kier alpha value is -4.82. The fourth-order valence-corrected chi connectivity index (χ4v) is 5.84. The molecule has 2 aromatic heterocycles. The van der Waals surface area contributed by atoms with Crippen LogP contribution in [0.5, 0.6) is 0 Å². The Labute approximate surface area is 251 Å². The standard InChI is InChI=1S/C38H36N2O3/c1-6-37(2,3)18-19-38(4,5)20-21-40-35(41)29-17-16-28-27-12-7-8-13-31(27)43-34-25(15-14-24-10-9-11-26(39)22-24)23-30(36(40)42)32(29)33(28)34/h6-13,16-17,22-23H,1,18-21,39H2,2-5H3. The molecule has 0 atom stereocenters.